The molecular weight excluding hydrogens is 362 g/mol. The van der Waals surface area contributed by atoms with Gasteiger partial charge in [0, 0.05) is 69.6 Å². The molecule has 3 aromatic heterocycles. The number of pyridine rings is 2. The molecule has 0 unspecified atom stereocenters. The van der Waals surface area contributed by atoms with Gasteiger partial charge in [0.1, 0.15) is 5.82 Å². The molecular formula is C23H27N5O. The fraction of sp³-hybridized carbons (Fsp3) is 0.391. The summed E-state index contributed by atoms with van der Waals surface area (Å²) < 4.78 is 2.16. The molecule has 2 aliphatic rings. The second-order valence-corrected chi connectivity index (χ2v) is 8.21. The van der Waals surface area contributed by atoms with Gasteiger partial charge >= 0.3 is 0 Å². The van der Waals surface area contributed by atoms with E-state index in [0.29, 0.717) is 0 Å². The van der Waals surface area contributed by atoms with Crippen molar-refractivity contribution >= 4 is 22.9 Å². The number of carbonyl (C=O) groups excluding carboxylic acids is 1. The maximum absolute atomic E-state index is 13.1. The predicted molar refractivity (Wildman–Crippen MR) is 116 cm³/mol. The number of carbonyl (C=O) groups is 1. The van der Waals surface area contributed by atoms with E-state index in [-0.39, 0.29) is 5.91 Å². The van der Waals surface area contributed by atoms with Gasteiger partial charge in [0.2, 0.25) is 0 Å². The van der Waals surface area contributed by atoms with Crippen LogP contribution < -0.4 is 9.80 Å². The average molecular weight is 390 g/mol. The van der Waals surface area contributed by atoms with E-state index in [9.17, 15) is 4.79 Å². The molecule has 0 spiro atoms. The third-order valence-electron chi connectivity index (χ3n) is 6.09. The van der Waals surface area contributed by atoms with E-state index >= 15 is 0 Å². The lowest BCUT2D eigenvalue weighted by Gasteiger charge is -2.36. The van der Waals surface area contributed by atoms with Crippen molar-refractivity contribution in [1.29, 1.82) is 0 Å². The molecule has 6 heteroatoms. The highest BCUT2D eigenvalue weighted by atomic mass is 16.2. The van der Waals surface area contributed by atoms with Crippen LogP contribution in [0.5, 0.6) is 0 Å². The number of rotatable bonds is 5. The van der Waals surface area contributed by atoms with Crippen LogP contribution in [0.1, 0.15) is 23.2 Å². The third-order valence-corrected chi connectivity index (χ3v) is 6.09. The molecule has 6 nitrogen and oxygen atoms in total. The third kappa shape index (κ3) is 3.67. The van der Waals surface area contributed by atoms with Crippen molar-refractivity contribution in [1.82, 2.24) is 14.3 Å². The second kappa shape index (κ2) is 7.43. The summed E-state index contributed by atoms with van der Waals surface area (Å²) in [4.78, 5) is 23.8. The first kappa shape index (κ1) is 18.0. The summed E-state index contributed by atoms with van der Waals surface area (Å²) >= 11 is 0. The van der Waals surface area contributed by atoms with Crippen molar-refractivity contribution in [2.45, 2.75) is 12.8 Å². The lowest BCUT2D eigenvalue weighted by molar-refractivity contribution is 0.0746. The molecule has 150 valence electrons. The summed E-state index contributed by atoms with van der Waals surface area (Å²) in [5, 5.41) is 0. The monoisotopic (exact) mass is 389 g/mol. The van der Waals surface area contributed by atoms with Crippen LogP contribution in [0.2, 0.25) is 0 Å². The van der Waals surface area contributed by atoms with Crippen LogP contribution >= 0.6 is 0 Å². The lowest BCUT2D eigenvalue weighted by Crippen LogP contribution is -2.48. The quantitative estimate of drug-likeness (QED) is 0.672. The summed E-state index contributed by atoms with van der Waals surface area (Å²) in [5.41, 5.74) is 3.05. The smallest absolute Gasteiger partial charge is 0.255 e. The molecule has 1 saturated heterocycles. The molecule has 29 heavy (non-hydrogen) atoms. The van der Waals surface area contributed by atoms with Gasteiger partial charge in [-0.1, -0.05) is 0 Å². The average Bonchev–Trinajstić information content (AvgIpc) is 3.48. The highest BCUT2D eigenvalue weighted by Crippen LogP contribution is 2.31. The normalized spacial score (nSPS) is 17.0. The van der Waals surface area contributed by atoms with E-state index in [0.717, 1.165) is 55.5 Å². The first-order valence-electron chi connectivity index (χ1n) is 10.5. The van der Waals surface area contributed by atoms with Gasteiger partial charge in [0.15, 0.2) is 0 Å². The lowest BCUT2D eigenvalue weighted by atomic mass is 10.2. The van der Waals surface area contributed by atoms with Crippen molar-refractivity contribution in [3.8, 4) is 0 Å². The highest BCUT2D eigenvalue weighted by molar-refractivity contribution is 5.94. The Hall–Kier alpha value is -3.02. The van der Waals surface area contributed by atoms with E-state index in [1.54, 1.807) is 0 Å². The molecule has 3 aromatic rings. The molecule has 1 amide bonds. The highest BCUT2D eigenvalue weighted by Gasteiger charge is 2.25. The minimum Gasteiger partial charge on any atom is -0.368 e. The second-order valence-electron chi connectivity index (χ2n) is 8.21. The summed E-state index contributed by atoms with van der Waals surface area (Å²) in [7, 11) is 2.15. The van der Waals surface area contributed by atoms with E-state index in [1.807, 2.05) is 41.7 Å². The molecule has 5 rings (SSSR count). The van der Waals surface area contributed by atoms with Crippen LogP contribution in [0.4, 0.5) is 11.5 Å². The maximum atomic E-state index is 13.1. The Labute approximate surface area is 171 Å². The number of aromatic nitrogens is 2. The van der Waals surface area contributed by atoms with E-state index in [2.05, 4.69) is 44.4 Å². The van der Waals surface area contributed by atoms with Crippen LogP contribution in [0.3, 0.4) is 0 Å². The Balaban J connectivity index is 1.31. The van der Waals surface area contributed by atoms with Crippen LogP contribution in [0, 0.1) is 5.92 Å². The Morgan fingerprint density at radius 3 is 2.48 bits per heavy atom. The fourth-order valence-corrected chi connectivity index (χ4v) is 4.21. The zero-order valence-corrected chi connectivity index (χ0v) is 16.9. The number of fused-ring (bicyclic) bond motifs is 1. The summed E-state index contributed by atoms with van der Waals surface area (Å²) in [6, 6.07) is 12.3. The minimum atomic E-state index is 0.116. The molecule has 0 aromatic carbocycles. The van der Waals surface area contributed by atoms with Crippen molar-refractivity contribution < 1.29 is 4.79 Å². The van der Waals surface area contributed by atoms with Gasteiger partial charge in [-0.05, 0) is 55.2 Å². The van der Waals surface area contributed by atoms with Gasteiger partial charge in [0.05, 0.1) is 5.56 Å². The Morgan fingerprint density at radius 1 is 1.03 bits per heavy atom. The molecule has 4 heterocycles. The molecule has 0 bridgehead atoms. The molecule has 0 radical (unpaired) electrons. The number of hydrogen-bond donors (Lipinski definition) is 0. The number of nitrogens with zero attached hydrogens (tertiary/aromatic N) is 5. The SMILES string of the molecule is CN(CC1CC1)c1ccc2ccc(C(=O)N3CCN(c4ccncc4)CC3)cn12. The Morgan fingerprint density at radius 2 is 1.76 bits per heavy atom. The minimum absolute atomic E-state index is 0.116. The Kier molecular flexibility index (Phi) is 4.62. The van der Waals surface area contributed by atoms with E-state index < -0.39 is 0 Å². The van der Waals surface area contributed by atoms with E-state index in [4.69, 9.17) is 0 Å². The standard InChI is InChI=1S/C23H27N5O/c1-25(16-18-2-3-18)22-7-6-21-5-4-19(17-28(21)22)23(29)27-14-12-26(13-15-27)20-8-10-24-11-9-20/h4-11,17-18H,2-3,12-16H2,1H3. The number of anilines is 2. The summed E-state index contributed by atoms with van der Waals surface area (Å²) in [5.74, 6) is 2.10. The van der Waals surface area contributed by atoms with Crippen molar-refractivity contribution in [3.63, 3.8) is 0 Å². The topological polar surface area (TPSA) is 44.1 Å². The zero-order chi connectivity index (χ0) is 19.8. The first-order chi connectivity index (χ1) is 14.2. The van der Waals surface area contributed by atoms with Crippen molar-refractivity contribution in [2.75, 3.05) is 49.6 Å². The van der Waals surface area contributed by atoms with E-state index in [1.165, 1.54) is 18.5 Å². The molecule has 0 N–H and O–H groups in total. The van der Waals surface area contributed by atoms with Gasteiger partial charge < -0.3 is 19.1 Å². The first-order valence-corrected chi connectivity index (χ1v) is 10.5. The molecule has 0 atom stereocenters. The van der Waals surface area contributed by atoms with Gasteiger partial charge in [-0.25, -0.2) is 0 Å². The zero-order valence-electron chi connectivity index (χ0n) is 16.9. The van der Waals surface area contributed by atoms with Gasteiger partial charge in [-0.3, -0.25) is 9.78 Å². The fourth-order valence-electron chi connectivity index (χ4n) is 4.21. The molecule has 1 aliphatic heterocycles. The van der Waals surface area contributed by atoms with Gasteiger partial charge in [0.25, 0.3) is 5.91 Å². The summed E-state index contributed by atoms with van der Waals surface area (Å²) in [6.45, 7) is 4.24. The number of piperazine rings is 1. The van der Waals surface area contributed by atoms with Crippen molar-refractivity contribution in [3.05, 3.63) is 60.6 Å². The van der Waals surface area contributed by atoms with Crippen LogP contribution in [0.15, 0.2) is 55.0 Å². The maximum Gasteiger partial charge on any atom is 0.255 e. The van der Waals surface area contributed by atoms with Gasteiger partial charge in [-0.15, -0.1) is 0 Å². The predicted octanol–water partition coefficient (Wildman–Crippen LogP) is 3.14. The molecule has 1 saturated carbocycles. The van der Waals surface area contributed by atoms with Crippen LogP contribution in [0.25, 0.3) is 5.52 Å². The largest absolute Gasteiger partial charge is 0.368 e. The van der Waals surface area contributed by atoms with Crippen LogP contribution in [-0.2, 0) is 0 Å². The van der Waals surface area contributed by atoms with Gasteiger partial charge in [-0.2, -0.15) is 0 Å². The summed E-state index contributed by atoms with van der Waals surface area (Å²) in [6.07, 6.45) is 8.31. The van der Waals surface area contributed by atoms with Crippen molar-refractivity contribution in [2.24, 2.45) is 5.92 Å². The molecule has 2 fully saturated rings. The van der Waals surface area contributed by atoms with Crippen LogP contribution in [-0.4, -0.2) is 60.0 Å². The Bertz CT molecular complexity index is 1000. The number of amides is 1. The number of hydrogen-bond acceptors (Lipinski definition) is 4. The molecule has 1 aliphatic carbocycles.